The number of piperidine rings is 1. The molecule has 0 bridgehead atoms. The van der Waals surface area contributed by atoms with Gasteiger partial charge in [0.1, 0.15) is 0 Å². The molecular weight excluding hydrogens is 232 g/mol. The molecule has 1 unspecified atom stereocenters. The van der Waals surface area contributed by atoms with E-state index in [9.17, 15) is 9.59 Å². The monoisotopic (exact) mass is 250 g/mol. The van der Waals surface area contributed by atoms with E-state index >= 15 is 0 Å². The number of esters is 1. The molecular formula is C13H18N2O3. The van der Waals surface area contributed by atoms with Crippen LogP contribution in [0.15, 0.2) is 18.5 Å². The Hall–Kier alpha value is -1.78. The number of nitrogens with zero attached hydrogens (tertiary/aromatic N) is 1. The van der Waals surface area contributed by atoms with E-state index in [2.05, 4.69) is 4.98 Å². The van der Waals surface area contributed by atoms with Crippen molar-refractivity contribution < 1.29 is 14.3 Å². The van der Waals surface area contributed by atoms with Crippen LogP contribution in [0.5, 0.6) is 0 Å². The SMILES string of the molecule is CCOC(=O)C1CCCN(C(=O)c2cc[nH]c2)C1. The average Bonchev–Trinajstić information content (AvgIpc) is 2.92. The molecule has 2 heterocycles. The lowest BCUT2D eigenvalue weighted by Gasteiger charge is -2.31. The third-order valence-electron chi connectivity index (χ3n) is 3.17. The molecule has 0 spiro atoms. The lowest BCUT2D eigenvalue weighted by atomic mass is 9.98. The minimum Gasteiger partial charge on any atom is -0.466 e. The van der Waals surface area contributed by atoms with Crippen LogP contribution in [0.1, 0.15) is 30.1 Å². The van der Waals surface area contributed by atoms with Gasteiger partial charge in [-0.1, -0.05) is 0 Å². The maximum Gasteiger partial charge on any atom is 0.310 e. The summed E-state index contributed by atoms with van der Waals surface area (Å²) in [6, 6.07) is 1.75. The molecule has 5 nitrogen and oxygen atoms in total. The van der Waals surface area contributed by atoms with Crippen molar-refractivity contribution in [3.8, 4) is 0 Å². The number of hydrogen-bond acceptors (Lipinski definition) is 3. The van der Waals surface area contributed by atoms with E-state index < -0.39 is 0 Å². The van der Waals surface area contributed by atoms with E-state index in [1.165, 1.54) is 0 Å². The molecule has 1 fully saturated rings. The number of rotatable bonds is 3. The van der Waals surface area contributed by atoms with Gasteiger partial charge in [-0.3, -0.25) is 9.59 Å². The third-order valence-corrected chi connectivity index (χ3v) is 3.17. The second-order valence-corrected chi connectivity index (χ2v) is 4.44. The van der Waals surface area contributed by atoms with Crippen LogP contribution in [0.25, 0.3) is 0 Å². The minimum absolute atomic E-state index is 0.0229. The first kappa shape index (κ1) is 12.7. The van der Waals surface area contributed by atoms with Gasteiger partial charge in [0, 0.05) is 25.5 Å². The number of carbonyl (C=O) groups excluding carboxylic acids is 2. The molecule has 1 N–H and O–H groups in total. The van der Waals surface area contributed by atoms with Crippen LogP contribution in [0.4, 0.5) is 0 Å². The van der Waals surface area contributed by atoms with Crippen molar-refractivity contribution in [3.63, 3.8) is 0 Å². The van der Waals surface area contributed by atoms with E-state index in [1.54, 1.807) is 30.3 Å². The van der Waals surface area contributed by atoms with E-state index in [1.807, 2.05) is 0 Å². The molecule has 0 saturated carbocycles. The molecule has 0 aromatic carbocycles. The van der Waals surface area contributed by atoms with Gasteiger partial charge in [0.05, 0.1) is 18.1 Å². The maximum atomic E-state index is 12.1. The van der Waals surface area contributed by atoms with Crippen LogP contribution in [-0.4, -0.2) is 41.5 Å². The molecule has 1 aromatic heterocycles. The van der Waals surface area contributed by atoms with Gasteiger partial charge in [-0.2, -0.15) is 0 Å². The largest absolute Gasteiger partial charge is 0.466 e. The van der Waals surface area contributed by atoms with Crippen molar-refractivity contribution in [1.82, 2.24) is 9.88 Å². The quantitative estimate of drug-likeness (QED) is 0.825. The van der Waals surface area contributed by atoms with Crippen molar-refractivity contribution in [2.24, 2.45) is 5.92 Å². The lowest BCUT2D eigenvalue weighted by molar-refractivity contribution is -0.149. The highest BCUT2D eigenvalue weighted by atomic mass is 16.5. The summed E-state index contributed by atoms with van der Waals surface area (Å²) in [6.07, 6.45) is 5.05. The molecule has 1 aliphatic heterocycles. The van der Waals surface area contributed by atoms with Gasteiger partial charge >= 0.3 is 5.97 Å². The first-order chi connectivity index (χ1) is 8.72. The van der Waals surface area contributed by atoms with Crippen molar-refractivity contribution in [3.05, 3.63) is 24.0 Å². The highest BCUT2D eigenvalue weighted by Crippen LogP contribution is 2.19. The Morgan fingerprint density at radius 1 is 1.56 bits per heavy atom. The summed E-state index contributed by atoms with van der Waals surface area (Å²) in [6.45, 7) is 3.35. The van der Waals surface area contributed by atoms with Crippen LogP contribution in [-0.2, 0) is 9.53 Å². The fourth-order valence-electron chi connectivity index (χ4n) is 2.25. The fourth-order valence-corrected chi connectivity index (χ4v) is 2.25. The van der Waals surface area contributed by atoms with Gasteiger partial charge in [0.2, 0.25) is 0 Å². The molecule has 1 aromatic rings. The van der Waals surface area contributed by atoms with Crippen molar-refractivity contribution >= 4 is 11.9 Å². The number of nitrogens with one attached hydrogen (secondary N) is 1. The van der Waals surface area contributed by atoms with Gasteiger partial charge in [-0.15, -0.1) is 0 Å². The predicted octanol–water partition coefficient (Wildman–Crippen LogP) is 1.43. The number of H-pyrrole nitrogens is 1. The Balaban J connectivity index is 1.98. The molecule has 1 atom stereocenters. The van der Waals surface area contributed by atoms with Gasteiger partial charge in [0.25, 0.3) is 5.91 Å². The van der Waals surface area contributed by atoms with Crippen molar-refractivity contribution in [2.75, 3.05) is 19.7 Å². The molecule has 1 saturated heterocycles. The lowest BCUT2D eigenvalue weighted by Crippen LogP contribution is -2.42. The first-order valence-electron chi connectivity index (χ1n) is 6.31. The molecule has 18 heavy (non-hydrogen) atoms. The van der Waals surface area contributed by atoms with Crippen molar-refractivity contribution in [2.45, 2.75) is 19.8 Å². The third kappa shape index (κ3) is 2.72. The Kier molecular flexibility index (Phi) is 4.02. The zero-order valence-corrected chi connectivity index (χ0v) is 10.5. The van der Waals surface area contributed by atoms with Gasteiger partial charge in [0.15, 0.2) is 0 Å². The Morgan fingerprint density at radius 2 is 2.39 bits per heavy atom. The van der Waals surface area contributed by atoms with Crippen LogP contribution in [0.3, 0.4) is 0 Å². The van der Waals surface area contributed by atoms with Crippen LogP contribution >= 0.6 is 0 Å². The fraction of sp³-hybridized carbons (Fsp3) is 0.538. The number of aromatic nitrogens is 1. The summed E-state index contributed by atoms with van der Waals surface area (Å²) in [5.74, 6) is -0.393. The molecule has 98 valence electrons. The summed E-state index contributed by atoms with van der Waals surface area (Å²) >= 11 is 0. The maximum absolute atomic E-state index is 12.1. The van der Waals surface area contributed by atoms with Gasteiger partial charge in [-0.05, 0) is 25.8 Å². The summed E-state index contributed by atoms with van der Waals surface area (Å²) in [5.41, 5.74) is 0.638. The molecule has 0 radical (unpaired) electrons. The molecule has 5 heteroatoms. The van der Waals surface area contributed by atoms with Crippen molar-refractivity contribution in [1.29, 1.82) is 0 Å². The van der Waals surface area contributed by atoms with E-state index in [0.717, 1.165) is 12.8 Å². The van der Waals surface area contributed by atoms with E-state index in [0.29, 0.717) is 25.3 Å². The Labute approximate surface area is 106 Å². The molecule has 0 aliphatic carbocycles. The highest BCUT2D eigenvalue weighted by molar-refractivity contribution is 5.94. The highest BCUT2D eigenvalue weighted by Gasteiger charge is 2.29. The topological polar surface area (TPSA) is 62.4 Å². The average molecular weight is 250 g/mol. The standard InChI is InChI=1S/C13H18N2O3/c1-2-18-13(17)11-4-3-7-15(9-11)12(16)10-5-6-14-8-10/h5-6,8,11,14H,2-4,7,9H2,1H3. The van der Waals surface area contributed by atoms with Gasteiger partial charge < -0.3 is 14.6 Å². The zero-order chi connectivity index (χ0) is 13.0. The predicted molar refractivity (Wildman–Crippen MR) is 66.1 cm³/mol. The summed E-state index contributed by atoms with van der Waals surface area (Å²) in [4.78, 5) is 28.4. The van der Waals surface area contributed by atoms with Gasteiger partial charge in [-0.25, -0.2) is 0 Å². The number of likely N-dealkylation sites (tertiary alicyclic amines) is 1. The Bertz CT molecular complexity index is 414. The van der Waals surface area contributed by atoms with E-state index in [-0.39, 0.29) is 17.8 Å². The smallest absolute Gasteiger partial charge is 0.310 e. The summed E-state index contributed by atoms with van der Waals surface area (Å²) < 4.78 is 5.02. The van der Waals surface area contributed by atoms with E-state index in [4.69, 9.17) is 4.74 Å². The van der Waals surface area contributed by atoms with Crippen LogP contribution in [0, 0.1) is 5.92 Å². The Morgan fingerprint density at radius 3 is 3.06 bits per heavy atom. The molecule has 1 amide bonds. The minimum atomic E-state index is -0.191. The second kappa shape index (κ2) is 5.71. The summed E-state index contributed by atoms with van der Waals surface area (Å²) in [5, 5.41) is 0. The van der Waals surface area contributed by atoms with Crippen LogP contribution in [0.2, 0.25) is 0 Å². The summed E-state index contributed by atoms with van der Waals surface area (Å²) in [7, 11) is 0. The zero-order valence-electron chi connectivity index (χ0n) is 10.5. The number of aromatic amines is 1. The number of ether oxygens (including phenoxy) is 1. The number of carbonyl (C=O) groups is 2. The molecule has 1 aliphatic rings. The molecule has 2 rings (SSSR count). The number of hydrogen-bond donors (Lipinski definition) is 1. The van der Waals surface area contributed by atoms with Crippen LogP contribution < -0.4 is 0 Å². The first-order valence-corrected chi connectivity index (χ1v) is 6.31. The second-order valence-electron chi connectivity index (χ2n) is 4.44. The number of amides is 1. The normalized spacial score (nSPS) is 19.6.